The highest BCUT2D eigenvalue weighted by molar-refractivity contribution is 7.92. The second-order valence-electron chi connectivity index (χ2n) is 6.50. The number of nitrogens with one attached hydrogen (secondary N) is 1. The van der Waals surface area contributed by atoms with Crippen LogP contribution in [-0.2, 0) is 9.60 Å². The Bertz CT molecular complexity index is 894. The molecule has 3 aromatic rings. The number of ether oxygens (including phenoxy) is 1. The number of H-pyrrole nitrogens is 1. The van der Waals surface area contributed by atoms with Crippen LogP contribution in [0.1, 0.15) is 36.8 Å². The SMILES string of the molecule is COc1ccc(C(=O)OSN)c(-c2nc3cc(C(C)(C)C)[nH]n3n2)c1. The highest BCUT2D eigenvalue weighted by Crippen LogP contribution is 2.28. The van der Waals surface area contributed by atoms with Crippen molar-refractivity contribution in [3.63, 3.8) is 0 Å². The number of nitrogens with two attached hydrogens (primary N) is 1. The molecule has 0 spiro atoms. The molecule has 25 heavy (non-hydrogen) atoms. The van der Waals surface area contributed by atoms with Crippen LogP contribution >= 0.6 is 12.2 Å². The van der Waals surface area contributed by atoms with Crippen molar-refractivity contribution in [1.29, 1.82) is 0 Å². The van der Waals surface area contributed by atoms with Crippen molar-refractivity contribution in [2.45, 2.75) is 26.2 Å². The van der Waals surface area contributed by atoms with Crippen molar-refractivity contribution >= 4 is 23.8 Å². The summed E-state index contributed by atoms with van der Waals surface area (Å²) in [5.74, 6) is 0.402. The van der Waals surface area contributed by atoms with E-state index in [9.17, 15) is 4.79 Å². The molecule has 0 bridgehead atoms. The largest absolute Gasteiger partial charge is 0.497 e. The summed E-state index contributed by atoms with van der Waals surface area (Å²) in [5, 5.41) is 12.9. The zero-order valence-electron chi connectivity index (χ0n) is 14.4. The maximum absolute atomic E-state index is 12.1. The van der Waals surface area contributed by atoms with Gasteiger partial charge in [-0.15, -0.1) is 5.10 Å². The van der Waals surface area contributed by atoms with Crippen LogP contribution in [0.5, 0.6) is 5.75 Å². The van der Waals surface area contributed by atoms with Gasteiger partial charge in [-0.25, -0.2) is 14.9 Å². The van der Waals surface area contributed by atoms with E-state index in [2.05, 4.69) is 36.0 Å². The van der Waals surface area contributed by atoms with Gasteiger partial charge in [0.2, 0.25) is 0 Å². The van der Waals surface area contributed by atoms with Gasteiger partial charge in [-0.1, -0.05) is 20.8 Å². The lowest BCUT2D eigenvalue weighted by Crippen LogP contribution is -2.12. The molecule has 0 saturated carbocycles. The number of hydrogen-bond donors (Lipinski definition) is 2. The smallest absolute Gasteiger partial charge is 0.352 e. The van der Waals surface area contributed by atoms with E-state index in [1.54, 1.807) is 29.9 Å². The molecule has 0 aliphatic rings. The molecule has 8 nitrogen and oxygen atoms in total. The lowest BCUT2D eigenvalue weighted by molar-refractivity contribution is 0.0769. The molecule has 0 amide bonds. The summed E-state index contributed by atoms with van der Waals surface area (Å²) in [5.41, 5.74) is 2.44. The molecule has 1 aromatic carbocycles. The summed E-state index contributed by atoms with van der Waals surface area (Å²) < 4.78 is 11.7. The van der Waals surface area contributed by atoms with Gasteiger partial charge >= 0.3 is 5.97 Å². The number of methoxy groups -OCH3 is 1. The van der Waals surface area contributed by atoms with E-state index in [0.29, 0.717) is 40.6 Å². The third-order valence-corrected chi connectivity index (χ3v) is 4.00. The molecule has 2 aromatic heterocycles. The Morgan fingerprint density at radius 2 is 2.08 bits per heavy atom. The van der Waals surface area contributed by atoms with Gasteiger partial charge in [-0.05, 0) is 18.2 Å². The number of nitrogens with zero attached hydrogens (tertiary/aromatic N) is 3. The van der Waals surface area contributed by atoms with Crippen molar-refractivity contribution in [1.82, 2.24) is 19.8 Å². The first kappa shape index (κ1) is 17.3. The van der Waals surface area contributed by atoms with E-state index in [4.69, 9.17) is 14.1 Å². The summed E-state index contributed by atoms with van der Waals surface area (Å²) >= 11 is 0.497. The molecule has 132 valence electrons. The van der Waals surface area contributed by atoms with E-state index < -0.39 is 5.97 Å². The van der Waals surface area contributed by atoms with Crippen LogP contribution in [0, 0.1) is 0 Å². The third-order valence-electron chi connectivity index (χ3n) is 3.75. The zero-order chi connectivity index (χ0) is 18.2. The van der Waals surface area contributed by atoms with Crippen LogP contribution in [0.4, 0.5) is 0 Å². The highest BCUT2D eigenvalue weighted by Gasteiger charge is 2.22. The molecular weight excluding hydrogens is 342 g/mol. The van der Waals surface area contributed by atoms with Crippen LogP contribution in [0.2, 0.25) is 0 Å². The van der Waals surface area contributed by atoms with Gasteiger partial charge in [0.05, 0.1) is 12.7 Å². The van der Waals surface area contributed by atoms with Crippen molar-refractivity contribution < 1.29 is 13.7 Å². The lowest BCUT2D eigenvalue weighted by Gasteiger charge is -2.14. The molecule has 0 unspecified atom stereocenters. The number of aromatic amines is 1. The molecule has 3 rings (SSSR count). The number of carbonyl (C=O) groups excluding carboxylic acids is 1. The predicted octanol–water partition coefficient (Wildman–Crippen LogP) is 2.71. The molecule has 2 heterocycles. The number of carbonyl (C=O) groups is 1. The number of aromatic nitrogens is 4. The predicted molar refractivity (Wildman–Crippen MR) is 95.2 cm³/mol. The first-order chi connectivity index (χ1) is 11.8. The Balaban J connectivity index is 2.09. The van der Waals surface area contributed by atoms with Crippen LogP contribution in [0.25, 0.3) is 17.0 Å². The van der Waals surface area contributed by atoms with E-state index >= 15 is 0 Å². The fourth-order valence-electron chi connectivity index (χ4n) is 2.38. The molecule has 0 radical (unpaired) electrons. The van der Waals surface area contributed by atoms with Crippen molar-refractivity contribution in [3.8, 4) is 17.1 Å². The quantitative estimate of drug-likeness (QED) is 0.543. The van der Waals surface area contributed by atoms with Crippen LogP contribution < -0.4 is 9.88 Å². The fourth-order valence-corrected chi connectivity index (χ4v) is 2.55. The maximum Gasteiger partial charge on any atom is 0.352 e. The summed E-state index contributed by atoms with van der Waals surface area (Å²) in [6, 6.07) is 6.89. The molecule has 3 N–H and O–H groups in total. The standard InChI is InChI=1S/C16H19N5O3S/c1-16(2,3)12-8-13-18-14(20-21(13)19-12)11-7-9(23-4)5-6-10(11)15(22)24-25-17/h5-8,19H,17H2,1-4H3. The zero-order valence-corrected chi connectivity index (χ0v) is 15.2. The van der Waals surface area contributed by atoms with Gasteiger partial charge in [0.25, 0.3) is 0 Å². The third kappa shape index (κ3) is 3.33. The second-order valence-corrected chi connectivity index (χ2v) is 6.86. The van der Waals surface area contributed by atoms with Gasteiger partial charge < -0.3 is 8.92 Å². The van der Waals surface area contributed by atoms with E-state index in [0.717, 1.165) is 5.69 Å². The Hall–Kier alpha value is -2.52. The van der Waals surface area contributed by atoms with Gasteiger partial charge in [0.15, 0.2) is 11.5 Å². The minimum absolute atomic E-state index is 0.0498. The number of hydrogen-bond acceptors (Lipinski definition) is 7. The molecule has 0 fully saturated rings. The van der Waals surface area contributed by atoms with Crippen LogP contribution in [-0.4, -0.2) is 32.9 Å². The van der Waals surface area contributed by atoms with E-state index in [1.807, 2.05) is 6.07 Å². The molecule has 0 aliphatic carbocycles. The molecule has 9 heteroatoms. The molecule has 0 aliphatic heterocycles. The number of benzene rings is 1. The normalized spacial score (nSPS) is 11.7. The van der Waals surface area contributed by atoms with Crippen molar-refractivity contribution in [3.05, 3.63) is 35.5 Å². The molecular formula is C16H19N5O3S. The Kier molecular flexibility index (Phi) is 4.44. The topological polar surface area (TPSA) is 108 Å². The molecule has 0 atom stereocenters. The van der Waals surface area contributed by atoms with Crippen molar-refractivity contribution in [2.75, 3.05) is 7.11 Å². The summed E-state index contributed by atoms with van der Waals surface area (Å²) in [6.45, 7) is 6.29. The summed E-state index contributed by atoms with van der Waals surface area (Å²) in [7, 11) is 1.55. The summed E-state index contributed by atoms with van der Waals surface area (Å²) in [6.07, 6.45) is 0. The lowest BCUT2D eigenvalue weighted by atomic mass is 9.93. The summed E-state index contributed by atoms with van der Waals surface area (Å²) in [4.78, 5) is 16.7. The van der Waals surface area contributed by atoms with E-state index in [1.165, 1.54) is 0 Å². The van der Waals surface area contributed by atoms with Gasteiger partial charge in [-0.3, -0.25) is 5.10 Å². The fraction of sp³-hybridized carbons (Fsp3) is 0.312. The van der Waals surface area contributed by atoms with Crippen molar-refractivity contribution in [2.24, 2.45) is 5.14 Å². The minimum Gasteiger partial charge on any atom is -0.497 e. The Morgan fingerprint density at radius 3 is 2.68 bits per heavy atom. The van der Waals surface area contributed by atoms with Crippen LogP contribution in [0.3, 0.4) is 0 Å². The van der Waals surface area contributed by atoms with Crippen LogP contribution in [0.15, 0.2) is 24.3 Å². The monoisotopic (exact) mass is 361 g/mol. The first-order valence-corrected chi connectivity index (χ1v) is 8.36. The van der Waals surface area contributed by atoms with Gasteiger partial charge in [-0.2, -0.15) is 4.63 Å². The van der Waals surface area contributed by atoms with E-state index in [-0.39, 0.29) is 5.41 Å². The average Bonchev–Trinajstić information content (AvgIpc) is 3.13. The van der Waals surface area contributed by atoms with Gasteiger partial charge in [0, 0.05) is 22.7 Å². The second kappa shape index (κ2) is 6.41. The number of rotatable bonds is 4. The first-order valence-electron chi connectivity index (χ1n) is 7.56. The Morgan fingerprint density at radius 1 is 1.32 bits per heavy atom. The maximum atomic E-state index is 12.1. The molecule has 0 saturated heterocycles. The average molecular weight is 361 g/mol. The highest BCUT2D eigenvalue weighted by atomic mass is 32.2. The number of fused-ring (bicyclic) bond motifs is 1. The minimum atomic E-state index is -0.570. The Labute approximate surface area is 149 Å². The van der Waals surface area contributed by atoms with Gasteiger partial charge in [0.1, 0.15) is 18.0 Å².